The Labute approximate surface area is 98.4 Å². The van der Waals surface area contributed by atoms with Gasteiger partial charge in [0, 0.05) is 20.1 Å². The van der Waals surface area contributed by atoms with Crippen LogP contribution in [-0.4, -0.2) is 44.2 Å². The predicted octanol–water partition coefficient (Wildman–Crippen LogP) is 0.648. The summed E-state index contributed by atoms with van der Waals surface area (Å²) < 4.78 is 5.28. The van der Waals surface area contributed by atoms with Gasteiger partial charge in [-0.25, -0.2) is 4.98 Å². The minimum absolute atomic E-state index is 0.0606. The molecule has 0 unspecified atom stereocenters. The number of amides is 1. The molecule has 1 aliphatic heterocycles. The van der Waals surface area contributed by atoms with Crippen molar-refractivity contribution in [3.63, 3.8) is 0 Å². The molecule has 1 amide bonds. The maximum atomic E-state index is 11.5. The lowest BCUT2D eigenvalue weighted by Gasteiger charge is -2.25. The molecule has 2 heterocycles. The topological polar surface area (TPSA) is 54.5 Å². The van der Waals surface area contributed by atoms with Crippen LogP contribution in [0.1, 0.15) is 15.4 Å². The normalized spacial score (nSPS) is 16.2. The average molecular weight is 241 g/mol. The van der Waals surface area contributed by atoms with Crippen molar-refractivity contribution < 1.29 is 9.53 Å². The molecule has 88 valence electrons. The first kappa shape index (κ1) is 11.3. The van der Waals surface area contributed by atoms with Gasteiger partial charge >= 0.3 is 0 Å². The molecule has 0 saturated carbocycles. The molecule has 0 spiro atoms. The van der Waals surface area contributed by atoms with Crippen LogP contribution < -0.4 is 10.2 Å². The summed E-state index contributed by atoms with van der Waals surface area (Å²) >= 11 is 1.45. The van der Waals surface area contributed by atoms with Gasteiger partial charge in [-0.2, -0.15) is 0 Å². The van der Waals surface area contributed by atoms with Crippen LogP contribution in [0.15, 0.2) is 0 Å². The molecule has 6 heteroatoms. The molecule has 0 bridgehead atoms. The molecule has 1 aliphatic rings. The van der Waals surface area contributed by atoms with Gasteiger partial charge in [-0.3, -0.25) is 4.79 Å². The quantitative estimate of drug-likeness (QED) is 0.826. The van der Waals surface area contributed by atoms with Crippen molar-refractivity contribution in [1.29, 1.82) is 0 Å². The van der Waals surface area contributed by atoms with Crippen LogP contribution >= 0.6 is 11.3 Å². The molecular formula is C10H15N3O2S. The highest BCUT2D eigenvalue weighted by Crippen LogP contribution is 2.26. The molecule has 0 atom stereocenters. The van der Waals surface area contributed by atoms with E-state index >= 15 is 0 Å². The fourth-order valence-corrected chi connectivity index (χ4v) is 2.66. The van der Waals surface area contributed by atoms with E-state index < -0.39 is 0 Å². The minimum Gasteiger partial charge on any atom is -0.378 e. The number of carbonyl (C=O) groups is 1. The van der Waals surface area contributed by atoms with Crippen LogP contribution in [0.3, 0.4) is 0 Å². The van der Waals surface area contributed by atoms with Gasteiger partial charge in [0.25, 0.3) is 5.91 Å². The van der Waals surface area contributed by atoms with Gasteiger partial charge in [0.05, 0.1) is 18.9 Å². The second-order valence-electron chi connectivity index (χ2n) is 3.59. The van der Waals surface area contributed by atoms with Crippen LogP contribution in [0.25, 0.3) is 0 Å². The molecule has 16 heavy (non-hydrogen) atoms. The van der Waals surface area contributed by atoms with Crippen molar-refractivity contribution in [3.8, 4) is 0 Å². The van der Waals surface area contributed by atoms with Crippen molar-refractivity contribution >= 4 is 22.4 Å². The van der Waals surface area contributed by atoms with Gasteiger partial charge in [0.2, 0.25) is 0 Å². The Kier molecular flexibility index (Phi) is 3.40. The number of rotatable bonds is 2. The fraction of sp³-hybridized carbons (Fsp3) is 0.600. The summed E-state index contributed by atoms with van der Waals surface area (Å²) in [6.45, 7) is 5.02. The SMILES string of the molecule is CNC(=O)c1sc(N2CCOCC2)nc1C. The summed E-state index contributed by atoms with van der Waals surface area (Å²) in [5, 5.41) is 3.54. The summed E-state index contributed by atoms with van der Waals surface area (Å²) in [5.41, 5.74) is 0.797. The first-order chi connectivity index (χ1) is 7.72. The number of nitrogens with zero attached hydrogens (tertiary/aromatic N) is 2. The molecular weight excluding hydrogens is 226 g/mol. The zero-order valence-corrected chi connectivity index (χ0v) is 10.3. The third-order valence-electron chi connectivity index (χ3n) is 2.50. The molecule has 1 fully saturated rings. The molecule has 0 aliphatic carbocycles. The number of morpholine rings is 1. The maximum Gasteiger partial charge on any atom is 0.263 e. The van der Waals surface area contributed by atoms with Crippen LogP contribution in [0.5, 0.6) is 0 Å². The number of hydrogen-bond acceptors (Lipinski definition) is 5. The van der Waals surface area contributed by atoms with Gasteiger partial charge in [-0.05, 0) is 6.92 Å². The van der Waals surface area contributed by atoms with Gasteiger partial charge in [0.15, 0.2) is 5.13 Å². The minimum atomic E-state index is -0.0606. The molecule has 0 aromatic carbocycles. The van der Waals surface area contributed by atoms with Gasteiger partial charge in [-0.1, -0.05) is 11.3 Å². The predicted molar refractivity (Wildman–Crippen MR) is 63.3 cm³/mol. The number of thiazole rings is 1. The molecule has 2 rings (SSSR count). The highest BCUT2D eigenvalue weighted by molar-refractivity contribution is 7.17. The Morgan fingerprint density at radius 3 is 2.81 bits per heavy atom. The van der Waals surface area contributed by atoms with Crippen molar-refractivity contribution in [2.75, 3.05) is 38.3 Å². The number of ether oxygens (including phenoxy) is 1. The van der Waals surface area contributed by atoms with Crippen LogP contribution in [0.4, 0.5) is 5.13 Å². The highest BCUT2D eigenvalue weighted by Gasteiger charge is 2.19. The summed E-state index contributed by atoms with van der Waals surface area (Å²) in [6.07, 6.45) is 0. The van der Waals surface area contributed by atoms with Crippen LogP contribution in [0.2, 0.25) is 0 Å². The Hall–Kier alpha value is -1.14. The van der Waals surface area contributed by atoms with Crippen molar-refractivity contribution in [3.05, 3.63) is 10.6 Å². The number of carbonyl (C=O) groups excluding carboxylic acids is 1. The maximum absolute atomic E-state index is 11.5. The zero-order chi connectivity index (χ0) is 11.5. The van der Waals surface area contributed by atoms with E-state index in [1.165, 1.54) is 11.3 Å². The van der Waals surface area contributed by atoms with Gasteiger partial charge in [-0.15, -0.1) is 0 Å². The largest absolute Gasteiger partial charge is 0.378 e. The second kappa shape index (κ2) is 4.80. The Balaban J connectivity index is 2.19. The first-order valence-electron chi connectivity index (χ1n) is 5.24. The molecule has 0 radical (unpaired) electrons. The van der Waals surface area contributed by atoms with E-state index in [-0.39, 0.29) is 5.91 Å². The van der Waals surface area contributed by atoms with Gasteiger partial charge < -0.3 is 15.0 Å². The lowest BCUT2D eigenvalue weighted by atomic mass is 10.4. The zero-order valence-electron chi connectivity index (χ0n) is 9.45. The molecule has 1 aromatic heterocycles. The van der Waals surface area contributed by atoms with E-state index in [2.05, 4.69) is 15.2 Å². The third-order valence-corrected chi connectivity index (χ3v) is 3.72. The Morgan fingerprint density at radius 1 is 1.50 bits per heavy atom. The monoisotopic (exact) mass is 241 g/mol. The van der Waals surface area contributed by atoms with Crippen LogP contribution in [-0.2, 0) is 4.74 Å². The summed E-state index contributed by atoms with van der Waals surface area (Å²) in [4.78, 5) is 18.8. The number of hydrogen-bond donors (Lipinski definition) is 1. The Bertz CT molecular complexity index is 385. The van der Waals surface area contributed by atoms with Crippen LogP contribution in [0, 0.1) is 6.92 Å². The molecule has 5 nitrogen and oxygen atoms in total. The number of aryl methyl sites for hydroxylation is 1. The van der Waals surface area contributed by atoms with E-state index in [1.54, 1.807) is 7.05 Å². The highest BCUT2D eigenvalue weighted by atomic mass is 32.1. The van der Waals surface area contributed by atoms with E-state index in [1.807, 2.05) is 6.92 Å². The number of aromatic nitrogens is 1. The molecule has 1 aromatic rings. The van der Waals surface area contributed by atoms with E-state index in [4.69, 9.17) is 4.74 Å². The van der Waals surface area contributed by atoms with Crippen molar-refractivity contribution in [2.24, 2.45) is 0 Å². The number of anilines is 1. The fourth-order valence-electron chi connectivity index (χ4n) is 1.60. The van der Waals surface area contributed by atoms with Crippen molar-refractivity contribution in [1.82, 2.24) is 10.3 Å². The molecule has 1 N–H and O–H groups in total. The smallest absolute Gasteiger partial charge is 0.263 e. The lowest BCUT2D eigenvalue weighted by molar-refractivity contribution is 0.0966. The summed E-state index contributed by atoms with van der Waals surface area (Å²) in [5.74, 6) is -0.0606. The van der Waals surface area contributed by atoms with Crippen molar-refractivity contribution in [2.45, 2.75) is 6.92 Å². The standard InChI is InChI=1S/C10H15N3O2S/c1-7-8(9(14)11-2)16-10(12-7)13-3-5-15-6-4-13/h3-6H2,1-2H3,(H,11,14). The lowest BCUT2D eigenvalue weighted by Crippen LogP contribution is -2.36. The number of nitrogens with one attached hydrogen (secondary N) is 1. The first-order valence-corrected chi connectivity index (χ1v) is 6.06. The third kappa shape index (κ3) is 2.17. The van der Waals surface area contributed by atoms with E-state index in [0.29, 0.717) is 4.88 Å². The van der Waals surface area contributed by atoms with E-state index in [0.717, 1.165) is 37.1 Å². The summed E-state index contributed by atoms with van der Waals surface area (Å²) in [6, 6.07) is 0. The summed E-state index contributed by atoms with van der Waals surface area (Å²) in [7, 11) is 1.63. The average Bonchev–Trinajstić information content (AvgIpc) is 2.71. The Morgan fingerprint density at radius 2 is 2.19 bits per heavy atom. The van der Waals surface area contributed by atoms with Gasteiger partial charge in [0.1, 0.15) is 4.88 Å². The second-order valence-corrected chi connectivity index (χ2v) is 4.57. The van der Waals surface area contributed by atoms with E-state index in [9.17, 15) is 4.79 Å². The molecule has 1 saturated heterocycles.